The van der Waals surface area contributed by atoms with E-state index in [1.165, 1.54) is 0 Å². The zero-order valence-electron chi connectivity index (χ0n) is 36.4. The summed E-state index contributed by atoms with van der Waals surface area (Å²) in [6.45, 7) is 11.6. The quantitative estimate of drug-likeness (QED) is 0.0198. The summed E-state index contributed by atoms with van der Waals surface area (Å²) >= 11 is 0. The Kier molecular flexibility index (Phi) is 24.8. The van der Waals surface area contributed by atoms with Crippen molar-refractivity contribution in [3.63, 3.8) is 0 Å². The molecule has 25 nitrogen and oxygen atoms in total. The van der Waals surface area contributed by atoms with Gasteiger partial charge in [-0.25, -0.2) is 0 Å². The van der Waals surface area contributed by atoms with Gasteiger partial charge in [0.2, 0.25) is 47.3 Å². The van der Waals surface area contributed by atoms with Crippen LogP contribution in [0.5, 0.6) is 0 Å². The second-order valence-corrected chi connectivity index (χ2v) is 15.8. The van der Waals surface area contributed by atoms with Crippen LogP contribution in [0.4, 0.5) is 0 Å². The van der Waals surface area contributed by atoms with E-state index in [4.69, 9.17) is 27.7 Å². The van der Waals surface area contributed by atoms with E-state index in [9.17, 15) is 58.5 Å². The minimum atomic E-state index is -2.31. The van der Waals surface area contributed by atoms with E-state index in [2.05, 4.69) is 31.9 Å². The molecule has 11 atom stereocenters. The smallest absolute Gasteiger partial charge is 0.325 e. The van der Waals surface area contributed by atoms with Crippen LogP contribution in [0.15, 0.2) is 0 Å². The summed E-state index contributed by atoms with van der Waals surface area (Å²) in [6.07, 6.45) is -4.60. The van der Waals surface area contributed by atoms with Crippen molar-refractivity contribution in [2.75, 3.05) is 13.1 Å². The van der Waals surface area contributed by atoms with Crippen LogP contribution in [0.3, 0.4) is 0 Å². The van der Waals surface area contributed by atoms with Gasteiger partial charge in [0.25, 0.3) is 0 Å². The zero-order valence-corrected chi connectivity index (χ0v) is 36.4. The van der Waals surface area contributed by atoms with Gasteiger partial charge >= 0.3 is 5.97 Å². The number of aliphatic carboxylic acids is 1. The van der Waals surface area contributed by atoms with E-state index in [1.54, 1.807) is 41.5 Å². The number of guanidine groups is 1. The molecule has 0 aliphatic heterocycles. The fourth-order valence-electron chi connectivity index (χ4n) is 5.53. The maximum Gasteiger partial charge on any atom is 0.325 e. The normalized spacial score (nSPS) is 16.5. The third-order valence-electron chi connectivity index (χ3n) is 9.53. The van der Waals surface area contributed by atoms with Crippen LogP contribution in [0.25, 0.3) is 0 Å². The Morgan fingerprint density at radius 3 is 1.66 bits per heavy atom. The standard InChI is InChI=1S/C37H68N12O13/c1-9-17(6)24(34(59)49-25(19(8)50)33(58)43-14-22(51)47-26(28(53)29(39)54)35(60)44-18(7)36(61)62)48-30(55)20(11-10-12-42-37(40)41)45-31(56)21(13-15(2)3)46-32(57)23(38)27(52)16(4)5/h15-21,23-28,50,52-53H,9-14,38H2,1-8H3,(H2,39,54)(H,43,58)(H,44,60)(H,45,56)(H,46,57)(H,47,51)(H,48,55)(H,49,59)(H,61,62)(H4,40,41,42)/t17-,18-,19-,20+,21-,23-,24-,25-,26-,27+,28-/m0/s1. The molecule has 0 rings (SSSR count). The fourth-order valence-corrected chi connectivity index (χ4v) is 5.53. The Bertz CT molecular complexity index is 1580. The first-order valence-corrected chi connectivity index (χ1v) is 20.1. The lowest BCUT2D eigenvalue weighted by Gasteiger charge is -2.30. The SMILES string of the molecule is CC[C@H](C)[C@H](NC(=O)[C@@H](CCCNC(=N)N)NC(=O)[C@H](CC(C)C)NC(=O)[C@@H](N)[C@H](O)C(C)C)C(=O)N[C@H](C(=O)NCC(=O)N[C@H](C(=O)N[C@@H](C)C(=O)O)[C@H](O)C(N)=O)[C@H](C)O. The lowest BCUT2D eigenvalue weighted by atomic mass is 9.96. The summed E-state index contributed by atoms with van der Waals surface area (Å²) in [5.41, 5.74) is 16.4. The van der Waals surface area contributed by atoms with Gasteiger partial charge in [0, 0.05) is 6.54 Å². The largest absolute Gasteiger partial charge is 0.480 e. The molecule has 0 aromatic rings. The molecule has 25 heteroatoms. The Morgan fingerprint density at radius 2 is 1.18 bits per heavy atom. The van der Waals surface area contributed by atoms with Gasteiger partial charge < -0.3 is 80.2 Å². The second kappa shape index (κ2) is 27.3. The van der Waals surface area contributed by atoms with Gasteiger partial charge in [-0.05, 0) is 50.9 Å². The highest BCUT2D eigenvalue weighted by Crippen LogP contribution is 2.13. The van der Waals surface area contributed by atoms with Crippen molar-refractivity contribution in [2.45, 2.75) is 142 Å². The van der Waals surface area contributed by atoms with Crippen molar-refractivity contribution < 1.29 is 63.6 Å². The molecule has 0 spiro atoms. The van der Waals surface area contributed by atoms with Crippen molar-refractivity contribution >= 4 is 59.2 Å². The third kappa shape index (κ3) is 19.8. The number of nitrogens with two attached hydrogens (primary N) is 3. The molecule has 0 saturated carbocycles. The first-order valence-electron chi connectivity index (χ1n) is 20.1. The fraction of sp³-hybridized carbons (Fsp3) is 0.730. The highest BCUT2D eigenvalue weighted by atomic mass is 16.4. The molecule has 0 aromatic carbocycles. The maximum atomic E-state index is 13.9. The predicted octanol–water partition coefficient (Wildman–Crippen LogP) is -5.96. The number of hydrogen-bond acceptors (Lipinski definition) is 14. The highest BCUT2D eigenvalue weighted by molar-refractivity contribution is 5.98. The summed E-state index contributed by atoms with van der Waals surface area (Å²) in [4.78, 5) is 116. The molecule has 0 aliphatic rings. The topological polar surface area (TPSA) is 433 Å². The van der Waals surface area contributed by atoms with Gasteiger partial charge in [-0.3, -0.25) is 48.6 Å². The number of aliphatic hydroxyl groups excluding tert-OH is 3. The van der Waals surface area contributed by atoms with Crippen LogP contribution in [0.1, 0.15) is 81.1 Å². The Morgan fingerprint density at radius 1 is 0.645 bits per heavy atom. The molecular formula is C37H68N12O13. The van der Waals surface area contributed by atoms with Gasteiger partial charge in [0.15, 0.2) is 12.1 Å². The first-order chi connectivity index (χ1) is 28.7. The van der Waals surface area contributed by atoms with Crippen LogP contribution in [0.2, 0.25) is 0 Å². The molecule has 0 heterocycles. The van der Waals surface area contributed by atoms with Crippen LogP contribution < -0.4 is 59.7 Å². The monoisotopic (exact) mass is 889 g/mol. The van der Waals surface area contributed by atoms with Crippen LogP contribution in [0, 0.1) is 23.2 Å². The van der Waals surface area contributed by atoms with E-state index < -0.39 is 126 Å². The second-order valence-electron chi connectivity index (χ2n) is 15.8. The van der Waals surface area contributed by atoms with Crippen LogP contribution in [-0.2, 0) is 43.2 Å². The van der Waals surface area contributed by atoms with Crippen molar-refractivity contribution in [3.05, 3.63) is 0 Å². The number of carbonyl (C=O) groups is 9. The summed E-state index contributed by atoms with van der Waals surface area (Å²) in [6, 6.07) is -10.6. The van der Waals surface area contributed by atoms with Crippen molar-refractivity contribution in [3.8, 4) is 0 Å². The molecule has 354 valence electrons. The number of amides is 8. The van der Waals surface area contributed by atoms with Crippen LogP contribution >= 0.6 is 0 Å². The summed E-state index contributed by atoms with van der Waals surface area (Å²) < 4.78 is 0. The molecule has 0 aromatic heterocycles. The number of carboxylic acid groups (broad SMARTS) is 1. The van der Waals surface area contributed by atoms with Gasteiger partial charge in [0.05, 0.1) is 18.8 Å². The third-order valence-corrected chi connectivity index (χ3v) is 9.53. The summed E-state index contributed by atoms with van der Waals surface area (Å²) in [7, 11) is 0. The number of rotatable bonds is 28. The van der Waals surface area contributed by atoms with Crippen molar-refractivity contribution in [1.29, 1.82) is 5.41 Å². The molecule has 19 N–H and O–H groups in total. The maximum absolute atomic E-state index is 13.9. The highest BCUT2D eigenvalue weighted by Gasteiger charge is 2.37. The molecule has 0 saturated heterocycles. The number of carbonyl (C=O) groups excluding carboxylic acids is 8. The molecule has 8 amide bonds. The average molecular weight is 889 g/mol. The van der Waals surface area contributed by atoms with Crippen molar-refractivity contribution in [2.24, 2.45) is 35.0 Å². The molecular weight excluding hydrogens is 820 g/mol. The van der Waals surface area contributed by atoms with E-state index in [0.717, 1.165) is 13.8 Å². The summed E-state index contributed by atoms with van der Waals surface area (Å²) in [5, 5.41) is 66.1. The molecule has 62 heavy (non-hydrogen) atoms. The Labute approximate surface area is 360 Å². The molecule has 0 radical (unpaired) electrons. The van der Waals surface area contributed by atoms with Gasteiger partial charge in [-0.2, -0.15) is 0 Å². The van der Waals surface area contributed by atoms with Crippen LogP contribution in [-0.4, -0.2) is 153 Å². The molecule has 0 fully saturated rings. The predicted molar refractivity (Wildman–Crippen MR) is 222 cm³/mol. The number of carboxylic acids is 1. The first kappa shape index (κ1) is 56.3. The minimum absolute atomic E-state index is 0.0566. The lowest BCUT2D eigenvalue weighted by Crippen LogP contribution is -2.62. The number of hydrogen-bond donors (Lipinski definition) is 16. The Balaban J connectivity index is 6.29. The molecule has 0 unspecified atom stereocenters. The minimum Gasteiger partial charge on any atom is -0.480 e. The zero-order chi connectivity index (χ0) is 48.2. The molecule has 0 bridgehead atoms. The van der Waals surface area contributed by atoms with Crippen molar-refractivity contribution in [1.82, 2.24) is 42.5 Å². The Hall–Kier alpha value is -5.66. The number of nitrogens with one attached hydrogen (secondary N) is 9. The number of aliphatic hydroxyl groups is 3. The van der Waals surface area contributed by atoms with E-state index in [-0.39, 0.29) is 43.6 Å². The van der Waals surface area contributed by atoms with E-state index in [1.807, 2.05) is 10.6 Å². The van der Waals surface area contributed by atoms with E-state index in [0.29, 0.717) is 6.42 Å². The van der Waals surface area contributed by atoms with Gasteiger partial charge in [-0.1, -0.05) is 48.0 Å². The van der Waals surface area contributed by atoms with E-state index >= 15 is 0 Å². The summed E-state index contributed by atoms with van der Waals surface area (Å²) in [5.74, 6) is -11.4. The molecule has 0 aliphatic carbocycles. The number of primary amides is 1. The average Bonchev–Trinajstić information content (AvgIpc) is 3.18. The van der Waals surface area contributed by atoms with Gasteiger partial charge in [-0.15, -0.1) is 0 Å². The lowest BCUT2D eigenvalue weighted by molar-refractivity contribution is -0.143. The van der Waals surface area contributed by atoms with Gasteiger partial charge in [0.1, 0.15) is 42.3 Å².